The van der Waals surface area contributed by atoms with Gasteiger partial charge in [-0.1, -0.05) is 37.0 Å². The summed E-state index contributed by atoms with van der Waals surface area (Å²) in [6.45, 7) is 8.62. The minimum atomic E-state index is -0.867. The van der Waals surface area contributed by atoms with Crippen LogP contribution in [0.4, 0.5) is 5.69 Å². The van der Waals surface area contributed by atoms with Crippen LogP contribution < -0.4 is 9.64 Å². The van der Waals surface area contributed by atoms with Crippen LogP contribution in [0.1, 0.15) is 43.5 Å². The minimum Gasteiger partial charge on any atom is -0.492 e. The highest BCUT2D eigenvalue weighted by Crippen LogP contribution is 2.39. The predicted octanol–water partition coefficient (Wildman–Crippen LogP) is 6.63. The lowest BCUT2D eigenvalue weighted by Gasteiger charge is -2.40. The van der Waals surface area contributed by atoms with Crippen molar-refractivity contribution in [1.29, 1.82) is 0 Å². The van der Waals surface area contributed by atoms with E-state index in [-0.39, 0.29) is 11.8 Å². The number of anilines is 1. The number of hydrogen-bond donors (Lipinski definition) is 1. The van der Waals surface area contributed by atoms with E-state index in [1.165, 1.54) is 0 Å². The second-order valence-electron chi connectivity index (χ2n) is 10.1. The third kappa shape index (κ3) is 6.48. The van der Waals surface area contributed by atoms with Crippen molar-refractivity contribution in [1.82, 2.24) is 9.97 Å². The summed E-state index contributed by atoms with van der Waals surface area (Å²) in [6.07, 6.45) is 6.17. The van der Waals surface area contributed by atoms with Crippen molar-refractivity contribution in [3.63, 3.8) is 0 Å². The number of benzene rings is 1. The van der Waals surface area contributed by atoms with Crippen LogP contribution in [0, 0.1) is 12.3 Å². The normalized spacial score (nSPS) is 15.1. The minimum absolute atomic E-state index is 0.0728. The number of pyridine rings is 2. The SMILES string of the molecule is Cc1ncc(-c2ccc(OCCc3cc(Cl)cc(Cl)c3)cn2)c(N2CCC(C)(C)CC2)c1CC(=O)O. The molecule has 0 radical (unpaired) electrons. The van der Waals surface area contributed by atoms with E-state index in [1.807, 2.05) is 37.4 Å². The fraction of sp³-hybridized carbons (Fsp3) is 0.393. The number of halogens is 2. The van der Waals surface area contributed by atoms with Crippen LogP contribution in [0.3, 0.4) is 0 Å². The van der Waals surface area contributed by atoms with Gasteiger partial charge in [-0.3, -0.25) is 14.8 Å². The molecular formula is C28H31Cl2N3O3. The van der Waals surface area contributed by atoms with E-state index in [2.05, 4.69) is 28.7 Å². The lowest BCUT2D eigenvalue weighted by molar-refractivity contribution is -0.136. The smallest absolute Gasteiger partial charge is 0.307 e. The Kier molecular flexibility index (Phi) is 8.06. The Balaban J connectivity index is 1.56. The molecule has 1 fully saturated rings. The number of aryl methyl sites for hydroxylation is 1. The molecule has 6 nitrogen and oxygen atoms in total. The first kappa shape index (κ1) is 26.2. The Morgan fingerprint density at radius 1 is 1.08 bits per heavy atom. The average Bonchev–Trinajstić information content (AvgIpc) is 2.80. The van der Waals surface area contributed by atoms with Gasteiger partial charge in [0.1, 0.15) is 5.75 Å². The molecule has 1 saturated heterocycles. The highest BCUT2D eigenvalue weighted by Gasteiger charge is 2.29. The first-order valence-corrected chi connectivity index (χ1v) is 12.9. The predicted molar refractivity (Wildman–Crippen MR) is 144 cm³/mol. The summed E-state index contributed by atoms with van der Waals surface area (Å²) in [7, 11) is 0. The largest absolute Gasteiger partial charge is 0.492 e. The molecule has 1 aromatic carbocycles. The second kappa shape index (κ2) is 11.1. The molecule has 0 amide bonds. The Morgan fingerprint density at radius 2 is 1.78 bits per heavy atom. The molecule has 0 atom stereocenters. The van der Waals surface area contributed by atoms with Crippen LogP contribution in [-0.4, -0.2) is 40.7 Å². The molecule has 1 N–H and O–H groups in total. The van der Waals surface area contributed by atoms with Crippen molar-refractivity contribution in [2.45, 2.75) is 46.5 Å². The Bertz CT molecular complexity index is 1220. The molecule has 0 spiro atoms. The summed E-state index contributed by atoms with van der Waals surface area (Å²) in [5.41, 5.74) is 5.28. The van der Waals surface area contributed by atoms with E-state index in [1.54, 1.807) is 12.3 Å². The number of carboxylic acid groups (broad SMARTS) is 1. The van der Waals surface area contributed by atoms with Crippen molar-refractivity contribution in [3.8, 4) is 17.0 Å². The van der Waals surface area contributed by atoms with Gasteiger partial charge in [0.15, 0.2) is 0 Å². The highest BCUT2D eigenvalue weighted by molar-refractivity contribution is 6.34. The number of carbonyl (C=O) groups is 1. The van der Waals surface area contributed by atoms with Crippen molar-refractivity contribution in [2.75, 3.05) is 24.6 Å². The van der Waals surface area contributed by atoms with Crippen LogP contribution in [0.15, 0.2) is 42.7 Å². The zero-order chi connectivity index (χ0) is 25.9. The number of aromatic nitrogens is 2. The van der Waals surface area contributed by atoms with E-state index in [0.29, 0.717) is 28.8 Å². The molecule has 3 heterocycles. The Labute approximate surface area is 222 Å². The van der Waals surface area contributed by atoms with Gasteiger partial charge in [-0.05, 0) is 61.1 Å². The van der Waals surface area contributed by atoms with E-state index in [9.17, 15) is 9.90 Å². The first-order chi connectivity index (χ1) is 17.1. The zero-order valence-corrected chi connectivity index (χ0v) is 22.4. The number of ether oxygens (including phenoxy) is 1. The third-order valence-electron chi connectivity index (χ3n) is 6.72. The van der Waals surface area contributed by atoms with Crippen LogP contribution in [0.25, 0.3) is 11.3 Å². The maximum atomic E-state index is 11.7. The molecule has 190 valence electrons. The van der Waals surface area contributed by atoms with Crippen LogP contribution >= 0.6 is 23.2 Å². The monoisotopic (exact) mass is 527 g/mol. The zero-order valence-electron chi connectivity index (χ0n) is 20.9. The summed E-state index contributed by atoms with van der Waals surface area (Å²) in [4.78, 5) is 23.2. The van der Waals surface area contributed by atoms with Gasteiger partial charge in [-0.15, -0.1) is 0 Å². The summed E-state index contributed by atoms with van der Waals surface area (Å²) in [6, 6.07) is 9.24. The Hall–Kier alpha value is -2.83. The molecule has 36 heavy (non-hydrogen) atoms. The first-order valence-electron chi connectivity index (χ1n) is 12.1. The maximum absolute atomic E-state index is 11.7. The van der Waals surface area contributed by atoms with Crippen molar-refractivity contribution < 1.29 is 14.6 Å². The standard InChI is InChI=1S/C28H31Cl2N3O3/c1-18-23(15-26(34)35)27(33-9-7-28(2,3)8-10-33)24(17-31-18)25-5-4-22(16-32-25)36-11-6-19-12-20(29)14-21(30)13-19/h4-5,12-14,16-17H,6-11,15H2,1-3H3,(H,34,35). The van der Waals surface area contributed by atoms with Crippen LogP contribution in [0.5, 0.6) is 5.75 Å². The number of carboxylic acids is 1. The fourth-order valence-corrected chi connectivity index (χ4v) is 5.12. The van der Waals surface area contributed by atoms with Gasteiger partial charge in [0.05, 0.1) is 30.6 Å². The molecule has 2 aromatic heterocycles. The van der Waals surface area contributed by atoms with Crippen molar-refractivity contribution in [3.05, 3.63) is 69.6 Å². The number of nitrogens with zero attached hydrogens (tertiary/aromatic N) is 3. The topological polar surface area (TPSA) is 75.6 Å². The lowest BCUT2D eigenvalue weighted by atomic mass is 9.82. The van der Waals surface area contributed by atoms with Gasteiger partial charge in [0, 0.05) is 52.6 Å². The molecule has 3 aromatic rings. The van der Waals surface area contributed by atoms with Gasteiger partial charge in [0.25, 0.3) is 0 Å². The van der Waals surface area contributed by atoms with Gasteiger partial charge in [-0.2, -0.15) is 0 Å². The van der Waals surface area contributed by atoms with E-state index >= 15 is 0 Å². The summed E-state index contributed by atoms with van der Waals surface area (Å²) < 4.78 is 5.89. The summed E-state index contributed by atoms with van der Waals surface area (Å²) in [5.74, 6) is -0.215. The van der Waals surface area contributed by atoms with Gasteiger partial charge in [0.2, 0.25) is 0 Å². The lowest BCUT2D eigenvalue weighted by Crippen LogP contribution is -2.38. The quantitative estimate of drug-likeness (QED) is 0.354. The maximum Gasteiger partial charge on any atom is 0.307 e. The molecule has 4 rings (SSSR count). The van der Waals surface area contributed by atoms with E-state index in [4.69, 9.17) is 27.9 Å². The number of aliphatic carboxylic acids is 1. The Morgan fingerprint density at radius 3 is 2.39 bits per heavy atom. The summed E-state index contributed by atoms with van der Waals surface area (Å²) in [5, 5.41) is 10.8. The van der Waals surface area contributed by atoms with Crippen LogP contribution in [-0.2, 0) is 17.6 Å². The van der Waals surface area contributed by atoms with Gasteiger partial charge in [-0.25, -0.2) is 0 Å². The molecule has 1 aliphatic rings. The molecule has 0 unspecified atom stereocenters. The van der Waals surface area contributed by atoms with Gasteiger partial charge >= 0.3 is 5.97 Å². The molecule has 0 saturated carbocycles. The van der Waals surface area contributed by atoms with Crippen molar-refractivity contribution >= 4 is 34.9 Å². The van der Waals surface area contributed by atoms with E-state index < -0.39 is 5.97 Å². The van der Waals surface area contributed by atoms with Crippen LogP contribution in [0.2, 0.25) is 10.0 Å². The third-order valence-corrected chi connectivity index (χ3v) is 7.16. The molecular weight excluding hydrogens is 497 g/mol. The molecule has 0 aliphatic carbocycles. The number of hydrogen-bond acceptors (Lipinski definition) is 5. The van der Waals surface area contributed by atoms with Crippen molar-refractivity contribution in [2.24, 2.45) is 5.41 Å². The second-order valence-corrected chi connectivity index (χ2v) is 10.9. The number of piperidine rings is 1. The molecule has 0 bridgehead atoms. The van der Waals surface area contributed by atoms with Gasteiger partial charge < -0.3 is 14.7 Å². The molecule has 1 aliphatic heterocycles. The van der Waals surface area contributed by atoms with E-state index in [0.717, 1.165) is 59.7 Å². The summed E-state index contributed by atoms with van der Waals surface area (Å²) >= 11 is 12.2. The average molecular weight is 528 g/mol. The highest BCUT2D eigenvalue weighted by atomic mass is 35.5. The molecule has 8 heteroatoms. The number of rotatable bonds is 8. The fourth-order valence-electron chi connectivity index (χ4n) is 4.55.